The number of hydrogen-bond acceptors (Lipinski definition) is 4. The van der Waals surface area contributed by atoms with Crippen molar-refractivity contribution in [2.45, 2.75) is 38.1 Å². The average Bonchev–Trinajstić information content (AvgIpc) is 3.27. The van der Waals surface area contributed by atoms with E-state index in [1.165, 1.54) is 0 Å². The molecule has 3 aromatic rings. The standard InChI is InChI=1S/C28H29N3O3S/c1-4-28(3,27(34)29-22-15-13-19(2)14-16-22)30-25(33)21-11-8-12-23(17-21)31-24(32)18-35-26(31)20-9-6-5-7-10-20/h5-17,26H,4,18H2,1-3H3,(H,29,34)(H,30,33)/t26-,28+/m1/s1. The molecule has 6 nitrogen and oxygen atoms in total. The van der Waals surface area contributed by atoms with Gasteiger partial charge in [-0.25, -0.2) is 0 Å². The van der Waals surface area contributed by atoms with Gasteiger partial charge in [0.15, 0.2) is 0 Å². The molecule has 2 N–H and O–H groups in total. The highest BCUT2D eigenvalue weighted by Gasteiger charge is 2.36. The van der Waals surface area contributed by atoms with Crippen molar-refractivity contribution in [1.82, 2.24) is 5.32 Å². The number of nitrogens with zero attached hydrogens (tertiary/aromatic N) is 1. The summed E-state index contributed by atoms with van der Waals surface area (Å²) in [6, 6.07) is 24.4. The Labute approximate surface area is 210 Å². The van der Waals surface area contributed by atoms with E-state index in [2.05, 4.69) is 10.6 Å². The van der Waals surface area contributed by atoms with Crippen LogP contribution in [0.5, 0.6) is 0 Å². The molecule has 0 unspecified atom stereocenters. The molecule has 1 aliphatic heterocycles. The van der Waals surface area contributed by atoms with E-state index in [-0.39, 0.29) is 23.1 Å². The molecule has 0 aromatic heterocycles. The minimum Gasteiger partial charge on any atom is -0.338 e. The van der Waals surface area contributed by atoms with Gasteiger partial charge in [-0.15, -0.1) is 11.8 Å². The second-order valence-electron chi connectivity index (χ2n) is 8.85. The van der Waals surface area contributed by atoms with Crippen LogP contribution in [0.25, 0.3) is 0 Å². The van der Waals surface area contributed by atoms with Crippen LogP contribution in [0.4, 0.5) is 11.4 Å². The van der Waals surface area contributed by atoms with Gasteiger partial charge in [0, 0.05) is 16.9 Å². The molecule has 2 atom stereocenters. The highest BCUT2D eigenvalue weighted by molar-refractivity contribution is 8.00. The Balaban J connectivity index is 1.53. The molecule has 4 rings (SSSR count). The molecule has 35 heavy (non-hydrogen) atoms. The Morgan fingerprint density at radius 2 is 1.74 bits per heavy atom. The largest absolute Gasteiger partial charge is 0.338 e. The molecule has 1 heterocycles. The SMILES string of the molecule is CC[C@](C)(NC(=O)c1cccc(N2C(=O)CS[C@@H]2c2ccccc2)c1)C(=O)Nc1ccc(C)cc1. The summed E-state index contributed by atoms with van der Waals surface area (Å²) in [5.74, 6) is -0.282. The number of nitrogens with one attached hydrogen (secondary N) is 2. The quantitative estimate of drug-likeness (QED) is 0.473. The predicted octanol–water partition coefficient (Wildman–Crippen LogP) is 5.31. The van der Waals surface area contributed by atoms with Crippen molar-refractivity contribution in [1.29, 1.82) is 0 Å². The summed E-state index contributed by atoms with van der Waals surface area (Å²) in [6.07, 6.45) is 0.410. The molecule has 0 aliphatic carbocycles. The highest BCUT2D eigenvalue weighted by Crippen LogP contribution is 2.41. The molecule has 1 saturated heterocycles. The second-order valence-corrected chi connectivity index (χ2v) is 9.92. The van der Waals surface area contributed by atoms with Crippen molar-refractivity contribution < 1.29 is 14.4 Å². The Morgan fingerprint density at radius 3 is 2.43 bits per heavy atom. The van der Waals surface area contributed by atoms with Crippen LogP contribution >= 0.6 is 11.8 Å². The maximum absolute atomic E-state index is 13.2. The molecule has 180 valence electrons. The van der Waals surface area contributed by atoms with E-state index in [0.717, 1.165) is 11.1 Å². The number of amides is 3. The van der Waals surface area contributed by atoms with Crippen LogP contribution in [0.3, 0.4) is 0 Å². The zero-order valence-corrected chi connectivity index (χ0v) is 20.9. The van der Waals surface area contributed by atoms with E-state index in [1.807, 2.05) is 74.5 Å². The van der Waals surface area contributed by atoms with Crippen LogP contribution in [0.2, 0.25) is 0 Å². The van der Waals surface area contributed by atoms with Gasteiger partial charge in [0.05, 0.1) is 5.75 Å². The Bertz CT molecular complexity index is 1230. The van der Waals surface area contributed by atoms with Gasteiger partial charge in [-0.1, -0.05) is 61.0 Å². The summed E-state index contributed by atoms with van der Waals surface area (Å²) >= 11 is 1.56. The van der Waals surface area contributed by atoms with E-state index in [0.29, 0.717) is 29.1 Å². The monoisotopic (exact) mass is 487 g/mol. The first-order chi connectivity index (χ1) is 16.8. The summed E-state index contributed by atoms with van der Waals surface area (Å²) < 4.78 is 0. The maximum Gasteiger partial charge on any atom is 0.252 e. The summed E-state index contributed by atoms with van der Waals surface area (Å²) in [6.45, 7) is 5.55. The first-order valence-corrected chi connectivity index (χ1v) is 12.6. The van der Waals surface area contributed by atoms with Crippen LogP contribution in [-0.4, -0.2) is 29.0 Å². The molecule has 3 aromatic carbocycles. The molecular formula is C28H29N3O3S. The van der Waals surface area contributed by atoms with Gasteiger partial charge in [-0.3, -0.25) is 19.3 Å². The first kappa shape index (κ1) is 24.5. The molecule has 0 saturated carbocycles. The lowest BCUT2D eigenvalue weighted by atomic mass is 9.96. The fraction of sp³-hybridized carbons (Fsp3) is 0.250. The van der Waals surface area contributed by atoms with Crippen LogP contribution < -0.4 is 15.5 Å². The molecule has 1 fully saturated rings. The third-order valence-corrected chi connectivity index (χ3v) is 7.46. The van der Waals surface area contributed by atoms with E-state index in [4.69, 9.17) is 0 Å². The smallest absolute Gasteiger partial charge is 0.252 e. The van der Waals surface area contributed by atoms with Gasteiger partial charge in [-0.2, -0.15) is 0 Å². The fourth-order valence-corrected chi connectivity index (χ4v) is 5.08. The zero-order chi connectivity index (χ0) is 25.0. The number of aryl methyl sites for hydroxylation is 1. The summed E-state index contributed by atoms with van der Waals surface area (Å²) in [7, 11) is 0. The van der Waals surface area contributed by atoms with Crippen molar-refractivity contribution in [3.05, 3.63) is 95.6 Å². The molecule has 1 aliphatic rings. The minimum absolute atomic E-state index is 0.00252. The van der Waals surface area contributed by atoms with Crippen molar-refractivity contribution in [3.63, 3.8) is 0 Å². The normalized spacial score (nSPS) is 17.1. The van der Waals surface area contributed by atoms with Crippen molar-refractivity contribution in [2.24, 2.45) is 0 Å². The van der Waals surface area contributed by atoms with E-state index >= 15 is 0 Å². The number of carbonyl (C=O) groups excluding carboxylic acids is 3. The topological polar surface area (TPSA) is 78.5 Å². The third kappa shape index (κ3) is 5.41. The summed E-state index contributed by atoms with van der Waals surface area (Å²) in [4.78, 5) is 40.8. The van der Waals surface area contributed by atoms with Crippen LogP contribution in [0.15, 0.2) is 78.9 Å². The third-order valence-electron chi connectivity index (χ3n) is 6.25. The van der Waals surface area contributed by atoms with E-state index < -0.39 is 5.54 Å². The Kier molecular flexibility index (Phi) is 7.26. The van der Waals surface area contributed by atoms with Gasteiger partial charge in [-0.05, 0) is 56.2 Å². The molecule has 0 radical (unpaired) electrons. The van der Waals surface area contributed by atoms with Crippen LogP contribution in [0.1, 0.15) is 47.1 Å². The molecule has 0 bridgehead atoms. The zero-order valence-electron chi connectivity index (χ0n) is 20.1. The lowest BCUT2D eigenvalue weighted by molar-refractivity contribution is -0.121. The molecular weight excluding hydrogens is 458 g/mol. The number of anilines is 2. The lowest BCUT2D eigenvalue weighted by Crippen LogP contribution is -2.54. The Hall–Kier alpha value is -3.58. The van der Waals surface area contributed by atoms with Crippen molar-refractivity contribution in [2.75, 3.05) is 16.0 Å². The van der Waals surface area contributed by atoms with Crippen LogP contribution in [-0.2, 0) is 9.59 Å². The first-order valence-electron chi connectivity index (χ1n) is 11.6. The number of carbonyl (C=O) groups is 3. The highest BCUT2D eigenvalue weighted by atomic mass is 32.2. The van der Waals surface area contributed by atoms with Gasteiger partial charge in [0.2, 0.25) is 11.8 Å². The minimum atomic E-state index is -1.11. The van der Waals surface area contributed by atoms with Gasteiger partial charge in [0.1, 0.15) is 10.9 Å². The molecule has 7 heteroatoms. The van der Waals surface area contributed by atoms with E-state index in [9.17, 15) is 14.4 Å². The number of rotatable bonds is 7. The molecule has 0 spiro atoms. The number of thioether (sulfide) groups is 1. The van der Waals surface area contributed by atoms with E-state index in [1.54, 1.807) is 41.8 Å². The van der Waals surface area contributed by atoms with Crippen molar-refractivity contribution >= 4 is 40.9 Å². The second kappa shape index (κ2) is 10.4. The Morgan fingerprint density at radius 1 is 1.03 bits per heavy atom. The number of benzene rings is 3. The number of hydrogen-bond donors (Lipinski definition) is 2. The van der Waals surface area contributed by atoms with Crippen molar-refractivity contribution in [3.8, 4) is 0 Å². The van der Waals surface area contributed by atoms with Gasteiger partial charge < -0.3 is 10.6 Å². The predicted molar refractivity (Wildman–Crippen MR) is 142 cm³/mol. The lowest BCUT2D eigenvalue weighted by Gasteiger charge is -2.29. The summed E-state index contributed by atoms with van der Waals surface area (Å²) in [5, 5.41) is 5.65. The fourth-order valence-electron chi connectivity index (χ4n) is 3.90. The maximum atomic E-state index is 13.2. The van der Waals surface area contributed by atoms with Crippen LogP contribution in [0, 0.1) is 6.92 Å². The van der Waals surface area contributed by atoms with Gasteiger partial charge in [0.25, 0.3) is 5.91 Å². The van der Waals surface area contributed by atoms with Gasteiger partial charge >= 0.3 is 0 Å². The summed E-state index contributed by atoms with van der Waals surface area (Å²) in [5.41, 5.74) is 2.74. The average molecular weight is 488 g/mol. The molecule has 3 amide bonds.